The molecule has 0 radical (unpaired) electrons. The highest BCUT2D eigenvalue weighted by atomic mass is 16.3. The number of likely N-dealkylation sites (N-methyl/N-ethyl adjacent to an activating group) is 1. The number of rotatable bonds is 9. The molecular weight excluding hydrogens is 220 g/mol. The van der Waals surface area contributed by atoms with Crippen molar-refractivity contribution in [3.05, 3.63) is 22.5 Å². The smallest absolute Gasteiger partial charge is 0.125 e. The van der Waals surface area contributed by atoms with Crippen LogP contribution in [0.4, 0.5) is 0 Å². The van der Waals surface area contributed by atoms with Crippen LogP contribution in [0.3, 0.4) is 0 Å². The maximum atomic E-state index is 10.7. The normalized spacial score (nSPS) is 19.8. The summed E-state index contributed by atoms with van der Waals surface area (Å²) in [7, 11) is 1.74. The van der Waals surface area contributed by atoms with E-state index in [9.17, 15) is 9.81 Å². The van der Waals surface area contributed by atoms with Crippen LogP contribution in [0.2, 0.25) is 0 Å². The molecule has 0 aromatic carbocycles. The summed E-state index contributed by atoms with van der Waals surface area (Å²) in [5.41, 5.74) is 5.69. The number of hydrogen-bond donors (Lipinski definition) is 2. The summed E-state index contributed by atoms with van der Waals surface area (Å²) in [5.74, 6) is -0.0193. The average molecular weight is 242 g/mol. The predicted octanol–water partition coefficient (Wildman–Crippen LogP) is 1.40. The maximum absolute atomic E-state index is 10.7. The summed E-state index contributed by atoms with van der Waals surface area (Å²) in [4.78, 5) is 21.3. The predicted molar refractivity (Wildman–Crippen MR) is 69.6 cm³/mol. The Morgan fingerprint density at radius 3 is 2.24 bits per heavy atom. The lowest BCUT2D eigenvalue weighted by molar-refractivity contribution is 0.327. The van der Waals surface area contributed by atoms with Crippen molar-refractivity contribution in [3.8, 4) is 0 Å². The van der Waals surface area contributed by atoms with Gasteiger partial charge in [-0.15, -0.1) is 6.58 Å². The van der Waals surface area contributed by atoms with Crippen LogP contribution in [-0.2, 0) is 0 Å². The Balaban J connectivity index is 4.60. The summed E-state index contributed by atoms with van der Waals surface area (Å²) < 4.78 is 0. The van der Waals surface area contributed by atoms with E-state index in [0.29, 0.717) is 6.42 Å². The summed E-state index contributed by atoms with van der Waals surface area (Å²) >= 11 is 0. The minimum Gasteiger partial charge on any atom is -0.326 e. The second-order valence-corrected chi connectivity index (χ2v) is 4.39. The number of hydrogen-bond acceptors (Lipinski definition) is 6. The molecule has 0 aromatic heterocycles. The van der Waals surface area contributed by atoms with E-state index in [1.165, 1.54) is 6.08 Å². The van der Waals surface area contributed by atoms with Gasteiger partial charge in [-0.3, -0.25) is 0 Å². The van der Waals surface area contributed by atoms with Gasteiger partial charge < -0.3 is 11.1 Å². The number of nitroso groups, excluding NO2 is 2. The molecular formula is C11H22N4O2. The van der Waals surface area contributed by atoms with Crippen LogP contribution in [0.25, 0.3) is 0 Å². The highest BCUT2D eigenvalue weighted by molar-refractivity contribution is 4.96. The topological polar surface area (TPSA) is 96.9 Å². The van der Waals surface area contributed by atoms with Gasteiger partial charge in [0.15, 0.2) is 0 Å². The van der Waals surface area contributed by atoms with Gasteiger partial charge in [0.05, 0.1) is 0 Å². The second-order valence-electron chi connectivity index (χ2n) is 4.39. The van der Waals surface area contributed by atoms with Gasteiger partial charge in [0.1, 0.15) is 12.1 Å². The standard InChI is InChI=1S/C11H22N4O2/c1-5-9(14-16)10(13-4)6-7(2)11(15-17)8(3)12/h5,7-11,13H,1,6,12H2,2-4H3. The molecule has 0 fully saturated rings. The highest BCUT2D eigenvalue weighted by Crippen LogP contribution is 2.19. The van der Waals surface area contributed by atoms with Crippen LogP contribution >= 0.6 is 0 Å². The van der Waals surface area contributed by atoms with E-state index >= 15 is 0 Å². The van der Waals surface area contributed by atoms with Gasteiger partial charge in [-0.05, 0) is 26.3 Å². The fraction of sp³-hybridized carbons (Fsp3) is 0.818. The van der Waals surface area contributed by atoms with Crippen molar-refractivity contribution in [2.75, 3.05) is 7.05 Å². The molecule has 5 atom stereocenters. The molecule has 0 rings (SSSR count). The third-order valence-corrected chi connectivity index (χ3v) is 3.02. The van der Waals surface area contributed by atoms with Crippen molar-refractivity contribution in [2.45, 2.75) is 44.4 Å². The molecule has 3 N–H and O–H groups in total. The van der Waals surface area contributed by atoms with Gasteiger partial charge >= 0.3 is 0 Å². The quantitative estimate of drug-likeness (QED) is 0.472. The molecule has 98 valence electrons. The average Bonchev–Trinajstić information content (AvgIpc) is 2.29. The monoisotopic (exact) mass is 242 g/mol. The maximum Gasteiger partial charge on any atom is 0.125 e. The van der Waals surface area contributed by atoms with Gasteiger partial charge in [0.2, 0.25) is 0 Å². The van der Waals surface area contributed by atoms with E-state index in [4.69, 9.17) is 5.73 Å². The van der Waals surface area contributed by atoms with E-state index in [2.05, 4.69) is 22.2 Å². The molecule has 0 spiro atoms. The fourth-order valence-electron chi connectivity index (χ4n) is 1.97. The first-order valence-electron chi connectivity index (χ1n) is 5.72. The second kappa shape index (κ2) is 8.03. The number of nitrogens with zero attached hydrogens (tertiary/aromatic N) is 2. The van der Waals surface area contributed by atoms with Crippen LogP contribution in [0.5, 0.6) is 0 Å². The van der Waals surface area contributed by atoms with Crippen LogP contribution < -0.4 is 11.1 Å². The zero-order chi connectivity index (χ0) is 13.4. The highest BCUT2D eigenvalue weighted by Gasteiger charge is 2.27. The van der Waals surface area contributed by atoms with E-state index in [-0.39, 0.29) is 18.0 Å². The van der Waals surface area contributed by atoms with Crippen molar-refractivity contribution in [3.63, 3.8) is 0 Å². The molecule has 0 aliphatic carbocycles. The van der Waals surface area contributed by atoms with Gasteiger partial charge in [-0.1, -0.05) is 23.4 Å². The van der Waals surface area contributed by atoms with Gasteiger partial charge in [-0.25, -0.2) is 0 Å². The molecule has 0 aliphatic heterocycles. The molecule has 0 saturated heterocycles. The lowest BCUT2D eigenvalue weighted by atomic mass is 9.88. The third-order valence-electron chi connectivity index (χ3n) is 3.02. The summed E-state index contributed by atoms with van der Waals surface area (Å²) in [6, 6.07) is -1.42. The molecule has 0 aromatic rings. The van der Waals surface area contributed by atoms with Crippen molar-refractivity contribution in [2.24, 2.45) is 22.0 Å². The van der Waals surface area contributed by atoms with Crippen molar-refractivity contribution in [1.82, 2.24) is 5.32 Å². The molecule has 6 nitrogen and oxygen atoms in total. The molecule has 0 bridgehead atoms. The van der Waals surface area contributed by atoms with E-state index < -0.39 is 12.1 Å². The Labute approximate surface area is 102 Å². The van der Waals surface area contributed by atoms with Gasteiger partial charge in [-0.2, -0.15) is 9.81 Å². The molecule has 0 amide bonds. The van der Waals surface area contributed by atoms with Gasteiger partial charge in [0, 0.05) is 12.1 Å². The van der Waals surface area contributed by atoms with E-state index in [1.807, 2.05) is 6.92 Å². The zero-order valence-corrected chi connectivity index (χ0v) is 10.7. The minimum atomic E-state index is -0.511. The molecule has 0 aliphatic rings. The Hall–Kier alpha value is -1.14. The lowest BCUT2D eigenvalue weighted by Crippen LogP contribution is -2.42. The van der Waals surface area contributed by atoms with Crippen LogP contribution in [0.1, 0.15) is 20.3 Å². The summed E-state index contributed by atoms with van der Waals surface area (Å²) in [6.45, 7) is 7.21. The fourth-order valence-corrected chi connectivity index (χ4v) is 1.97. The first kappa shape index (κ1) is 15.9. The Kier molecular flexibility index (Phi) is 7.49. The molecule has 6 heteroatoms. The lowest BCUT2D eigenvalue weighted by Gasteiger charge is -2.26. The van der Waals surface area contributed by atoms with Crippen LogP contribution in [-0.4, -0.2) is 31.2 Å². The summed E-state index contributed by atoms with van der Waals surface area (Å²) in [6.07, 6.45) is 2.09. The zero-order valence-electron chi connectivity index (χ0n) is 10.7. The Morgan fingerprint density at radius 1 is 1.35 bits per heavy atom. The first-order valence-corrected chi connectivity index (χ1v) is 5.72. The van der Waals surface area contributed by atoms with E-state index in [0.717, 1.165) is 0 Å². The number of nitrogens with two attached hydrogens (primary N) is 1. The minimum absolute atomic E-state index is 0.0193. The Morgan fingerprint density at radius 2 is 1.94 bits per heavy atom. The van der Waals surface area contributed by atoms with Crippen molar-refractivity contribution < 1.29 is 0 Å². The Bertz CT molecular complexity index is 250. The molecule has 0 heterocycles. The molecule has 17 heavy (non-hydrogen) atoms. The van der Waals surface area contributed by atoms with Gasteiger partial charge in [0.25, 0.3) is 0 Å². The number of nitrogens with one attached hydrogen (secondary N) is 1. The van der Waals surface area contributed by atoms with Crippen molar-refractivity contribution in [1.29, 1.82) is 0 Å². The van der Waals surface area contributed by atoms with E-state index in [1.54, 1.807) is 14.0 Å². The molecule has 0 saturated carbocycles. The van der Waals surface area contributed by atoms with Crippen LogP contribution in [0.15, 0.2) is 23.0 Å². The SMILES string of the molecule is C=CC(N=O)C(CC(C)C(N=O)C(C)N)NC. The third kappa shape index (κ3) is 4.70. The van der Waals surface area contributed by atoms with Crippen molar-refractivity contribution >= 4 is 0 Å². The largest absolute Gasteiger partial charge is 0.326 e. The first-order chi connectivity index (χ1) is 8.01. The van der Waals surface area contributed by atoms with Crippen LogP contribution in [0, 0.1) is 15.7 Å². The summed E-state index contributed by atoms with van der Waals surface area (Å²) in [5, 5.41) is 9.04. The molecule has 5 unspecified atom stereocenters.